The highest BCUT2D eigenvalue weighted by molar-refractivity contribution is 7.49. The minimum Gasteiger partial charge on any atom is -0.507 e. The minimum absolute atomic E-state index is 0.229. The van der Waals surface area contributed by atoms with Crippen LogP contribution in [0.15, 0.2) is 91.0 Å². The number of anilines is 1. The van der Waals surface area contributed by atoms with Crippen molar-refractivity contribution in [3.8, 4) is 5.75 Å². The van der Waals surface area contributed by atoms with Crippen LogP contribution in [0.2, 0.25) is 0 Å². The Hall–Kier alpha value is -3.16. The number of halogens is 1. The number of aromatic hydroxyl groups is 1. The van der Waals surface area contributed by atoms with Gasteiger partial charge in [-0.1, -0.05) is 102 Å². The van der Waals surface area contributed by atoms with Gasteiger partial charge in [0.25, 0.3) is 0 Å². The van der Waals surface area contributed by atoms with Crippen LogP contribution in [0.4, 0.5) is 10.1 Å². The second-order valence-corrected chi connectivity index (χ2v) is 12.1. The summed E-state index contributed by atoms with van der Waals surface area (Å²) in [6.07, 6.45) is 3.38. The van der Waals surface area contributed by atoms with Crippen LogP contribution in [0.5, 0.6) is 5.75 Å². The summed E-state index contributed by atoms with van der Waals surface area (Å²) in [7, 11) is 4.29. The number of phenols is 1. The van der Waals surface area contributed by atoms with E-state index in [9.17, 15) is 9.50 Å². The summed E-state index contributed by atoms with van der Waals surface area (Å²) in [6, 6.07) is 30.2. The number of hydrogen-bond donors (Lipinski definition) is 1. The normalized spacial score (nSPS) is 13.1. The summed E-state index contributed by atoms with van der Waals surface area (Å²) in [6.45, 7) is 4.45. The Morgan fingerprint density at radius 2 is 1.43 bits per heavy atom. The topological polar surface area (TPSA) is 23.5 Å². The fraction of sp³-hybridized carbons (Fsp3) is 0.273. The zero-order chi connectivity index (χ0) is 26.4. The SMILES string of the molecule is CCCC(C)(Pc1ccc(F)cc1N(C)C)c1cc(Cc2ccccc2)cc(Cc2ccccc2)c1O. The molecule has 0 aliphatic heterocycles. The Morgan fingerprint density at radius 3 is 2.03 bits per heavy atom. The molecule has 4 heteroatoms. The van der Waals surface area contributed by atoms with Crippen LogP contribution in [0.3, 0.4) is 0 Å². The molecule has 2 atom stereocenters. The van der Waals surface area contributed by atoms with E-state index < -0.39 is 0 Å². The standard InChI is InChI=1S/C33H37FNOP/c1-5-18-33(2,37-31-17-16-28(34)23-30(31)35(3)4)29-22-26(19-24-12-8-6-9-13-24)21-27(32(29)36)20-25-14-10-7-11-15-25/h6-17,21-23,36-37H,5,18-20H2,1-4H3. The van der Waals surface area contributed by atoms with Crippen LogP contribution in [0, 0.1) is 5.82 Å². The molecule has 0 amide bonds. The van der Waals surface area contributed by atoms with Crippen LogP contribution in [-0.4, -0.2) is 19.2 Å². The zero-order valence-electron chi connectivity index (χ0n) is 22.3. The van der Waals surface area contributed by atoms with Gasteiger partial charge in [-0.05, 0) is 58.6 Å². The Labute approximate surface area is 223 Å². The maximum atomic E-state index is 14.1. The molecule has 37 heavy (non-hydrogen) atoms. The lowest BCUT2D eigenvalue weighted by Gasteiger charge is -2.33. The van der Waals surface area contributed by atoms with Crippen LogP contribution in [-0.2, 0) is 18.0 Å². The molecule has 0 aliphatic rings. The quantitative estimate of drug-likeness (QED) is 0.219. The van der Waals surface area contributed by atoms with Gasteiger partial charge < -0.3 is 10.0 Å². The molecule has 0 fully saturated rings. The van der Waals surface area contributed by atoms with Crippen molar-refractivity contribution < 1.29 is 9.50 Å². The van der Waals surface area contributed by atoms with E-state index in [0.717, 1.165) is 41.4 Å². The molecule has 0 saturated heterocycles. The van der Waals surface area contributed by atoms with Crippen LogP contribution in [0.1, 0.15) is 54.5 Å². The first-order valence-electron chi connectivity index (χ1n) is 13.0. The van der Waals surface area contributed by atoms with Gasteiger partial charge >= 0.3 is 0 Å². The van der Waals surface area contributed by atoms with Gasteiger partial charge in [0, 0.05) is 36.9 Å². The van der Waals surface area contributed by atoms with Gasteiger partial charge in [-0.15, -0.1) is 0 Å². The number of hydrogen-bond acceptors (Lipinski definition) is 2. The van der Waals surface area contributed by atoms with Crippen molar-refractivity contribution in [1.29, 1.82) is 0 Å². The summed E-state index contributed by atoms with van der Waals surface area (Å²) in [5.41, 5.74) is 6.45. The Balaban J connectivity index is 1.83. The molecule has 0 spiro atoms. The molecule has 2 nitrogen and oxygen atoms in total. The molecule has 4 aromatic carbocycles. The summed E-state index contributed by atoms with van der Waals surface area (Å²) in [5.74, 6) is 0.157. The van der Waals surface area contributed by atoms with Crippen molar-refractivity contribution in [3.63, 3.8) is 0 Å². The molecule has 4 aromatic rings. The summed E-state index contributed by atoms with van der Waals surface area (Å²) >= 11 is 0. The maximum Gasteiger partial charge on any atom is 0.125 e. The Morgan fingerprint density at radius 1 is 0.811 bits per heavy atom. The third-order valence-corrected chi connectivity index (χ3v) is 8.70. The Kier molecular flexibility index (Phi) is 8.67. The van der Waals surface area contributed by atoms with Crippen LogP contribution in [0.25, 0.3) is 0 Å². The number of phenolic OH excluding ortho intramolecular Hbond substituents is 1. The molecular formula is C33H37FNOP. The molecule has 192 valence electrons. The number of rotatable bonds is 10. The maximum absolute atomic E-state index is 14.1. The van der Waals surface area contributed by atoms with E-state index in [1.807, 2.05) is 49.3 Å². The molecule has 2 unspecified atom stereocenters. The largest absolute Gasteiger partial charge is 0.507 e. The second kappa shape index (κ2) is 11.9. The van der Waals surface area contributed by atoms with Gasteiger partial charge in [0.2, 0.25) is 0 Å². The van der Waals surface area contributed by atoms with Crippen molar-refractivity contribution in [2.24, 2.45) is 0 Å². The fourth-order valence-corrected chi connectivity index (χ4v) is 6.99. The molecule has 4 rings (SSSR count). The molecule has 0 aliphatic carbocycles. The van der Waals surface area contributed by atoms with Gasteiger partial charge in [0.15, 0.2) is 0 Å². The van der Waals surface area contributed by atoms with Crippen molar-refractivity contribution in [3.05, 3.63) is 125 Å². The third kappa shape index (κ3) is 6.59. The van der Waals surface area contributed by atoms with Gasteiger partial charge in [-0.3, -0.25) is 0 Å². The molecule has 0 saturated carbocycles. The smallest absolute Gasteiger partial charge is 0.125 e. The van der Waals surface area contributed by atoms with E-state index in [2.05, 4.69) is 62.4 Å². The van der Waals surface area contributed by atoms with Crippen LogP contribution >= 0.6 is 8.58 Å². The predicted molar refractivity (Wildman–Crippen MR) is 158 cm³/mol. The predicted octanol–water partition coefficient (Wildman–Crippen LogP) is 7.80. The number of benzene rings is 4. The van der Waals surface area contributed by atoms with E-state index in [1.165, 1.54) is 16.7 Å². The summed E-state index contributed by atoms with van der Waals surface area (Å²) in [4.78, 5) is 1.98. The highest BCUT2D eigenvalue weighted by Crippen LogP contribution is 2.50. The lowest BCUT2D eigenvalue weighted by Crippen LogP contribution is -2.24. The van der Waals surface area contributed by atoms with Gasteiger partial charge in [-0.2, -0.15) is 0 Å². The van der Waals surface area contributed by atoms with E-state index in [4.69, 9.17) is 0 Å². The van der Waals surface area contributed by atoms with Crippen molar-refractivity contribution in [2.45, 2.75) is 44.7 Å². The molecule has 0 radical (unpaired) electrons. The second-order valence-electron chi connectivity index (χ2n) is 10.2. The van der Waals surface area contributed by atoms with Crippen molar-refractivity contribution in [2.75, 3.05) is 19.0 Å². The minimum atomic E-state index is -0.292. The molecule has 0 bridgehead atoms. The molecular weight excluding hydrogens is 476 g/mol. The summed E-state index contributed by atoms with van der Waals surface area (Å²) in [5, 5.41) is 12.6. The average Bonchev–Trinajstić information content (AvgIpc) is 2.88. The molecule has 1 N–H and O–H groups in total. The van der Waals surface area contributed by atoms with E-state index in [1.54, 1.807) is 12.1 Å². The van der Waals surface area contributed by atoms with Gasteiger partial charge in [-0.25, -0.2) is 4.39 Å². The van der Waals surface area contributed by atoms with E-state index in [-0.39, 0.29) is 11.0 Å². The summed E-state index contributed by atoms with van der Waals surface area (Å²) < 4.78 is 14.1. The first kappa shape index (κ1) is 26.9. The number of nitrogens with zero attached hydrogens (tertiary/aromatic N) is 1. The van der Waals surface area contributed by atoms with Crippen LogP contribution < -0.4 is 10.2 Å². The molecule has 0 aromatic heterocycles. The first-order chi connectivity index (χ1) is 17.8. The van der Waals surface area contributed by atoms with Gasteiger partial charge in [0.05, 0.1) is 0 Å². The van der Waals surface area contributed by atoms with Gasteiger partial charge in [0.1, 0.15) is 11.6 Å². The highest BCUT2D eigenvalue weighted by Gasteiger charge is 2.32. The average molecular weight is 514 g/mol. The van der Waals surface area contributed by atoms with Crippen molar-refractivity contribution >= 4 is 19.6 Å². The fourth-order valence-electron chi connectivity index (χ4n) is 5.11. The monoisotopic (exact) mass is 513 g/mol. The third-order valence-electron chi connectivity index (χ3n) is 6.93. The Bertz CT molecular complexity index is 1320. The zero-order valence-corrected chi connectivity index (χ0v) is 23.3. The first-order valence-corrected chi connectivity index (χ1v) is 14.0. The lowest BCUT2D eigenvalue weighted by molar-refractivity contribution is 0.447. The lowest BCUT2D eigenvalue weighted by atomic mass is 9.88. The van der Waals surface area contributed by atoms with E-state index >= 15 is 0 Å². The van der Waals surface area contributed by atoms with Crippen molar-refractivity contribution in [1.82, 2.24) is 0 Å². The van der Waals surface area contributed by atoms with E-state index in [0.29, 0.717) is 20.8 Å². The highest BCUT2D eigenvalue weighted by atomic mass is 31.1. The molecule has 0 heterocycles.